The summed E-state index contributed by atoms with van der Waals surface area (Å²) in [4.78, 5) is 0. The standard InChI is InChI=1S/C55H44/c1-5-15-40-29-30-42(36-52(40)55(3,4)32-6-2)38-24-26-39(27-25-38)45-34-43-18-9-10-19-46(43)51(35-45)54-49-22-13-11-20-47(49)53(48-21-12-14-23-50(48)54)44-31-28-37-16-7-8-17-41(37)33-44/h5-14,16-31,33-36H,1-2,15,32H2,3-4H3. The number of benzene rings is 9. The fourth-order valence-electron chi connectivity index (χ4n) is 8.80. The number of allylic oxidation sites excluding steroid dienone is 2. The molecule has 0 aliphatic rings. The van der Waals surface area contributed by atoms with E-state index in [0.717, 1.165) is 12.8 Å². The summed E-state index contributed by atoms with van der Waals surface area (Å²) in [6.07, 6.45) is 5.80. The Morgan fingerprint density at radius 3 is 1.56 bits per heavy atom. The number of fused-ring (bicyclic) bond motifs is 4. The molecule has 0 amide bonds. The maximum atomic E-state index is 4.05. The van der Waals surface area contributed by atoms with E-state index < -0.39 is 0 Å². The fraction of sp³-hybridized carbons (Fsp3) is 0.0909. The molecule has 9 rings (SSSR count). The number of hydrogen-bond donors (Lipinski definition) is 0. The molecule has 0 heterocycles. The van der Waals surface area contributed by atoms with Gasteiger partial charge in [-0.05, 0) is 135 Å². The molecule has 0 saturated heterocycles. The highest BCUT2D eigenvalue weighted by atomic mass is 14.3. The van der Waals surface area contributed by atoms with Crippen molar-refractivity contribution in [1.82, 2.24) is 0 Å². The second-order valence-electron chi connectivity index (χ2n) is 15.5. The minimum Gasteiger partial charge on any atom is -0.103 e. The summed E-state index contributed by atoms with van der Waals surface area (Å²) in [6.45, 7) is 12.7. The molecule has 0 fully saturated rings. The van der Waals surface area contributed by atoms with Crippen molar-refractivity contribution in [1.29, 1.82) is 0 Å². The molecule has 0 aliphatic heterocycles. The maximum Gasteiger partial charge on any atom is -0.00199 e. The van der Waals surface area contributed by atoms with Gasteiger partial charge in [0.1, 0.15) is 0 Å². The first-order valence-corrected chi connectivity index (χ1v) is 19.4. The van der Waals surface area contributed by atoms with E-state index in [1.54, 1.807) is 0 Å². The third kappa shape index (κ3) is 6.15. The van der Waals surface area contributed by atoms with Crippen molar-refractivity contribution in [2.75, 3.05) is 0 Å². The summed E-state index contributed by atoms with van der Waals surface area (Å²) in [5.74, 6) is 0. The molecule has 0 aromatic heterocycles. The van der Waals surface area contributed by atoms with Crippen LogP contribution in [-0.4, -0.2) is 0 Å². The zero-order chi connectivity index (χ0) is 37.5. The van der Waals surface area contributed by atoms with E-state index >= 15 is 0 Å². The first-order chi connectivity index (χ1) is 26.9. The monoisotopic (exact) mass is 704 g/mol. The SMILES string of the molecule is C=CCc1ccc(-c2ccc(-c3cc(-c4c5ccccc5c(-c5ccc6ccccc6c5)c5ccccc45)c4ccccc4c3)cc2)cc1C(C)(C)CC=C. The molecule has 9 aromatic carbocycles. The van der Waals surface area contributed by atoms with Crippen molar-refractivity contribution >= 4 is 43.1 Å². The molecule has 9 aromatic rings. The van der Waals surface area contributed by atoms with Gasteiger partial charge in [0.25, 0.3) is 0 Å². The van der Waals surface area contributed by atoms with Gasteiger partial charge in [-0.2, -0.15) is 0 Å². The van der Waals surface area contributed by atoms with Crippen molar-refractivity contribution in [3.63, 3.8) is 0 Å². The van der Waals surface area contributed by atoms with E-state index in [2.05, 4.69) is 197 Å². The molecule has 0 N–H and O–H groups in total. The van der Waals surface area contributed by atoms with E-state index in [0.29, 0.717) is 0 Å². The van der Waals surface area contributed by atoms with E-state index in [4.69, 9.17) is 0 Å². The molecule has 0 saturated carbocycles. The molecular weight excluding hydrogens is 661 g/mol. The highest BCUT2D eigenvalue weighted by molar-refractivity contribution is 6.24. The summed E-state index contributed by atoms with van der Waals surface area (Å²) < 4.78 is 0. The summed E-state index contributed by atoms with van der Waals surface area (Å²) in [7, 11) is 0. The summed E-state index contributed by atoms with van der Waals surface area (Å²) in [5.41, 5.74) is 12.6. The van der Waals surface area contributed by atoms with Gasteiger partial charge in [0.2, 0.25) is 0 Å². The zero-order valence-corrected chi connectivity index (χ0v) is 31.6. The zero-order valence-electron chi connectivity index (χ0n) is 31.6. The Morgan fingerprint density at radius 1 is 0.418 bits per heavy atom. The second kappa shape index (κ2) is 14.0. The van der Waals surface area contributed by atoms with E-state index in [1.807, 2.05) is 12.2 Å². The molecule has 0 radical (unpaired) electrons. The average molecular weight is 705 g/mol. The lowest BCUT2D eigenvalue weighted by Crippen LogP contribution is -2.18. The van der Waals surface area contributed by atoms with Crippen LogP contribution in [0.1, 0.15) is 31.4 Å². The maximum absolute atomic E-state index is 4.05. The van der Waals surface area contributed by atoms with Crippen LogP contribution in [0.25, 0.3) is 87.6 Å². The van der Waals surface area contributed by atoms with Crippen LogP contribution in [0.3, 0.4) is 0 Å². The Labute approximate surface area is 324 Å². The number of rotatable bonds is 9. The van der Waals surface area contributed by atoms with Gasteiger partial charge in [-0.25, -0.2) is 0 Å². The van der Waals surface area contributed by atoms with E-state index in [1.165, 1.54) is 98.7 Å². The van der Waals surface area contributed by atoms with Gasteiger partial charge in [0.05, 0.1) is 0 Å². The van der Waals surface area contributed by atoms with Gasteiger partial charge in [-0.3, -0.25) is 0 Å². The van der Waals surface area contributed by atoms with Gasteiger partial charge >= 0.3 is 0 Å². The topological polar surface area (TPSA) is 0 Å². The van der Waals surface area contributed by atoms with Crippen LogP contribution in [0, 0.1) is 0 Å². The van der Waals surface area contributed by atoms with Crippen LogP contribution in [0.5, 0.6) is 0 Å². The lowest BCUT2D eigenvalue weighted by Gasteiger charge is -2.27. The molecule has 0 bridgehead atoms. The normalized spacial score (nSPS) is 11.7. The molecule has 55 heavy (non-hydrogen) atoms. The predicted octanol–water partition coefficient (Wildman–Crippen LogP) is 15.5. The Kier molecular flexibility index (Phi) is 8.76. The Balaban J connectivity index is 1.21. The molecule has 0 atom stereocenters. The van der Waals surface area contributed by atoms with Gasteiger partial charge < -0.3 is 0 Å². The van der Waals surface area contributed by atoms with Gasteiger partial charge in [0, 0.05) is 0 Å². The second-order valence-corrected chi connectivity index (χ2v) is 15.5. The fourth-order valence-corrected chi connectivity index (χ4v) is 8.80. The van der Waals surface area contributed by atoms with E-state index in [9.17, 15) is 0 Å². The Bertz CT molecular complexity index is 2860. The Morgan fingerprint density at radius 2 is 0.927 bits per heavy atom. The van der Waals surface area contributed by atoms with Crippen molar-refractivity contribution in [2.24, 2.45) is 0 Å². The van der Waals surface area contributed by atoms with Gasteiger partial charge in [-0.15, -0.1) is 13.2 Å². The first kappa shape index (κ1) is 34.3. The highest BCUT2D eigenvalue weighted by Gasteiger charge is 2.23. The smallest absolute Gasteiger partial charge is 0.00199 e. The van der Waals surface area contributed by atoms with Crippen molar-refractivity contribution < 1.29 is 0 Å². The van der Waals surface area contributed by atoms with Crippen LogP contribution in [0.2, 0.25) is 0 Å². The summed E-state index contributed by atoms with van der Waals surface area (Å²) >= 11 is 0. The minimum absolute atomic E-state index is 0.0143. The molecule has 0 heteroatoms. The van der Waals surface area contributed by atoms with Gasteiger partial charge in [0.15, 0.2) is 0 Å². The molecule has 0 aliphatic carbocycles. The summed E-state index contributed by atoms with van der Waals surface area (Å²) in [5, 5.41) is 10.0. The quantitative estimate of drug-likeness (QED) is 0.104. The van der Waals surface area contributed by atoms with Crippen molar-refractivity contribution in [3.8, 4) is 44.5 Å². The molecular formula is C55H44. The lowest BCUT2D eigenvalue weighted by molar-refractivity contribution is 0.530. The first-order valence-electron chi connectivity index (χ1n) is 19.4. The molecule has 0 nitrogen and oxygen atoms in total. The van der Waals surface area contributed by atoms with Gasteiger partial charge in [-0.1, -0.05) is 178 Å². The number of hydrogen-bond acceptors (Lipinski definition) is 0. The minimum atomic E-state index is -0.0143. The third-order valence-corrected chi connectivity index (χ3v) is 11.5. The highest BCUT2D eigenvalue weighted by Crippen LogP contribution is 2.47. The van der Waals surface area contributed by atoms with Crippen LogP contribution in [-0.2, 0) is 11.8 Å². The van der Waals surface area contributed by atoms with Crippen LogP contribution in [0.4, 0.5) is 0 Å². The van der Waals surface area contributed by atoms with Crippen LogP contribution >= 0.6 is 0 Å². The van der Waals surface area contributed by atoms with Crippen LogP contribution < -0.4 is 0 Å². The largest absolute Gasteiger partial charge is 0.103 e. The van der Waals surface area contributed by atoms with Crippen LogP contribution in [0.15, 0.2) is 195 Å². The molecule has 0 unspecified atom stereocenters. The summed E-state index contributed by atoms with van der Waals surface area (Å²) in [6, 6.07) is 63.1. The average Bonchev–Trinajstić information content (AvgIpc) is 3.22. The molecule has 264 valence electrons. The van der Waals surface area contributed by atoms with Crippen molar-refractivity contribution in [3.05, 3.63) is 206 Å². The predicted molar refractivity (Wildman–Crippen MR) is 240 cm³/mol. The van der Waals surface area contributed by atoms with E-state index in [-0.39, 0.29) is 5.41 Å². The third-order valence-electron chi connectivity index (χ3n) is 11.5. The lowest BCUT2D eigenvalue weighted by atomic mass is 9.77. The molecule has 0 spiro atoms. The Hall–Kier alpha value is -6.50. The van der Waals surface area contributed by atoms with Crippen molar-refractivity contribution in [2.45, 2.75) is 32.1 Å².